The normalized spacial score (nSPS) is 14.6. The summed E-state index contributed by atoms with van der Waals surface area (Å²) in [4.78, 5) is 0. The van der Waals surface area contributed by atoms with E-state index in [9.17, 15) is 26.2 Å². The lowest BCUT2D eigenvalue weighted by molar-refractivity contribution is -0.137. The molecule has 2 aromatic carbocycles. The number of rotatable bonds is 5. The van der Waals surface area contributed by atoms with Crippen molar-refractivity contribution in [3.05, 3.63) is 59.5 Å². The molecule has 1 heterocycles. The predicted octanol–water partition coefficient (Wildman–Crippen LogP) is 8.03. The third-order valence-electron chi connectivity index (χ3n) is 5.33. The molecule has 1 unspecified atom stereocenters. The summed E-state index contributed by atoms with van der Waals surface area (Å²) >= 11 is 0. The molecule has 196 valence electrons. The van der Waals surface area contributed by atoms with Gasteiger partial charge >= 0.3 is 6.18 Å². The molecule has 0 aliphatic rings. The van der Waals surface area contributed by atoms with Crippen molar-refractivity contribution < 1.29 is 30.6 Å². The van der Waals surface area contributed by atoms with Crippen LogP contribution in [0.25, 0.3) is 22.0 Å². The van der Waals surface area contributed by atoms with E-state index in [0.717, 1.165) is 12.1 Å². The largest absolute Gasteiger partial charge is 0.417 e. The van der Waals surface area contributed by atoms with Crippen LogP contribution in [-0.2, 0) is 23.7 Å². The Hall–Kier alpha value is -2.62. The minimum Gasteiger partial charge on any atom is -0.344 e. The van der Waals surface area contributed by atoms with Gasteiger partial charge in [0.1, 0.15) is 16.7 Å². The summed E-state index contributed by atoms with van der Waals surface area (Å²) < 4.78 is 102. The van der Waals surface area contributed by atoms with E-state index in [0.29, 0.717) is 0 Å². The van der Waals surface area contributed by atoms with Crippen molar-refractivity contribution in [1.29, 1.82) is 0 Å². The highest BCUT2D eigenvalue weighted by molar-refractivity contribution is 7.85. The molecular weight excluding hydrogens is 502 g/mol. The van der Waals surface area contributed by atoms with Crippen LogP contribution in [0.1, 0.15) is 52.7 Å². The molecule has 0 radical (unpaired) electrons. The number of fused-ring (bicyclic) bond motifs is 1. The lowest BCUT2D eigenvalue weighted by atomic mass is 9.96. The molecule has 0 bridgehead atoms. The van der Waals surface area contributed by atoms with E-state index < -0.39 is 50.8 Å². The van der Waals surface area contributed by atoms with E-state index in [4.69, 9.17) is 0 Å². The molecule has 0 N–H and O–H groups in total. The molecule has 0 amide bonds. The number of hydrogen-bond acceptors (Lipinski definition) is 1. The summed E-state index contributed by atoms with van der Waals surface area (Å²) in [6.07, 6.45) is -6.52. The maximum Gasteiger partial charge on any atom is 0.417 e. The molecule has 0 saturated heterocycles. The molecule has 36 heavy (non-hydrogen) atoms. The van der Waals surface area contributed by atoms with E-state index in [-0.39, 0.29) is 34.1 Å². The van der Waals surface area contributed by atoms with Gasteiger partial charge in [-0.2, -0.15) is 17.6 Å². The van der Waals surface area contributed by atoms with Gasteiger partial charge in [0.2, 0.25) is 0 Å². The molecule has 3 aromatic rings. The first-order chi connectivity index (χ1) is 16.4. The summed E-state index contributed by atoms with van der Waals surface area (Å²) in [7, 11) is -2.01. The Bertz CT molecular complexity index is 1330. The highest BCUT2D eigenvalue weighted by Gasteiger charge is 2.35. The quantitative estimate of drug-likeness (QED) is 0.243. The van der Waals surface area contributed by atoms with Crippen LogP contribution < -0.4 is 0 Å². The number of nitrogens with zero attached hydrogens (tertiary/aromatic N) is 2. The smallest absolute Gasteiger partial charge is 0.344 e. The number of hydrogen-bond donors (Lipinski definition) is 0. The minimum absolute atomic E-state index is 0.0509. The van der Waals surface area contributed by atoms with Gasteiger partial charge in [-0.15, -0.1) is 0 Å². The number of halogens is 6. The maximum absolute atomic E-state index is 16.0. The first kappa shape index (κ1) is 28.0. The Kier molecular flexibility index (Phi) is 7.52. The van der Waals surface area contributed by atoms with Crippen LogP contribution in [0, 0.1) is 11.2 Å². The third-order valence-corrected chi connectivity index (χ3v) is 6.74. The molecule has 3 nitrogen and oxygen atoms in total. The second-order valence-electron chi connectivity index (χ2n) is 10.7. The fourth-order valence-electron chi connectivity index (χ4n) is 3.80. The standard InChI is InChI=1S/C26H28F6N2OS/c1-24(2,3)14-34-13-18(21(23(28)29)33-36(35)25(4,5)6)17-12-11-16(20(27)22(17)34)15-9-7-8-10-19(15)26(30,31)32/h7-13,23H,14H2,1-6H3. The van der Waals surface area contributed by atoms with Gasteiger partial charge in [-0.05, 0) is 37.8 Å². The van der Waals surface area contributed by atoms with Crippen LogP contribution in [0.2, 0.25) is 0 Å². The number of benzene rings is 2. The van der Waals surface area contributed by atoms with Crippen LogP contribution in [0.5, 0.6) is 0 Å². The number of alkyl halides is 5. The Balaban J connectivity index is 2.37. The van der Waals surface area contributed by atoms with Crippen LogP contribution in [0.3, 0.4) is 0 Å². The second kappa shape index (κ2) is 9.68. The second-order valence-corrected chi connectivity index (χ2v) is 12.6. The Morgan fingerprint density at radius 1 is 0.972 bits per heavy atom. The summed E-state index contributed by atoms with van der Waals surface area (Å²) in [6.45, 7) is 10.5. The fourth-order valence-corrected chi connectivity index (χ4v) is 4.43. The maximum atomic E-state index is 16.0. The molecular formula is C26H28F6N2OS. The van der Waals surface area contributed by atoms with Crippen LogP contribution in [0.15, 0.2) is 47.0 Å². The van der Waals surface area contributed by atoms with Gasteiger partial charge in [-0.3, -0.25) is 0 Å². The monoisotopic (exact) mass is 530 g/mol. The van der Waals surface area contributed by atoms with Crippen molar-refractivity contribution in [1.82, 2.24) is 4.57 Å². The van der Waals surface area contributed by atoms with Crippen molar-refractivity contribution in [2.45, 2.75) is 65.4 Å². The van der Waals surface area contributed by atoms with Crippen LogP contribution in [0.4, 0.5) is 26.3 Å². The third kappa shape index (κ3) is 5.85. The number of aromatic nitrogens is 1. The van der Waals surface area contributed by atoms with E-state index in [2.05, 4.69) is 4.40 Å². The summed E-state index contributed by atoms with van der Waals surface area (Å²) in [5.74, 6) is -0.967. The molecule has 1 aromatic heterocycles. The van der Waals surface area contributed by atoms with Gasteiger partial charge in [0.15, 0.2) is 5.82 Å². The van der Waals surface area contributed by atoms with Crippen molar-refractivity contribution in [3.8, 4) is 11.1 Å². The average Bonchev–Trinajstić information content (AvgIpc) is 3.07. The average molecular weight is 531 g/mol. The zero-order chi connectivity index (χ0) is 27.2. The summed E-state index contributed by atoms with van der Waals surface area (Å²) in [5, 5.41) is 0.0509. The van der Waals surface area contributed by atoms with Gasteiger partial charge in [0, 0.05) is 29.3 Å². The molecule has 0 saturated carbocycles. The Morgan fingerprint density at radius 2 is 1.58 bits per heavy atom. The van der Waals surface area contributed by atoms with E-state index >= 15 is 4.39 Å². The van der Waals surface area contributed by atoms with E-state index in [1.165, 1.54) is 35.0 Å². The molecule has 1 atom stereocenters. The van der Waals surface area contributed by atoms with Gasteiger partial charge in [-0.25, -0.2) is 17.4 Å². The van der Waals surface area contributed by atoms with Crippen molar-refractivity contribution in [2.75, 3.05) is 0 Å². The molecule has 0 aliphatic heterocycles. The van der Waals surface area contributed by atoms with Crippen LogP contribution in [-0.4, -0.2) is 25.7 Å². The first-order valence-corrected chi connectivity index (χ1v) is 12.3. The van der Waals surface area contributed by atoms with E-state index in [1.54, 1.807) is 20.8 Å². The zero-order valence-electron chi connectivity index (χ0n) is 20.8. The Labute approximate surface area is 208 Å². The SMILES string of the molecule is CC(C)(C)Cn1cc(C(=NS(=O)C(C)(C)C)C(F)F)c2ccc(-c3ccccc3C(F)(F)F)c(F)c21. The summed E-state index contributed by atoms with van der Waals surface area (Å²) in [5.41, 5.74) is -3.08. The van der Waals surface area contributed by atoms with Crippen molar-refractivity contribution >= 4 is 27.6 Å². The minimum atomic E-state index is -4.72. The first-order valence-electron chi connectivity index (χ1n) is 11.2. The topological polar surface area (TPSA) is 34.4 Å². The fraction of sp³-hybridized carbons (Fsp3) is 0.423. The molecule has 0 spiro atoms. The Morgan fingerprint density at radius 3 is 2.11 bits per heavy atom. The van der Waals surface area contributed by atoms with Crippen molar-refractivity contribution in [2.24, 2.45) is 9.81 Å². The van der Waals surface area contributed by atoms with E-state index in [1.807, 2.05) is 20.8 Å². The molecule has 3 rings (SSSR count). The van der Waals surface area contributed by atoms with Gasteiger partial charge in [-0.1, -0.05) is 51.1 Å². The molecule has 0 fully saturated rings. The lowest BCUT2D eigenvalue weighted by Crippen LogP contribution is -2.23. The molecule has 0 aliphatic carbocycles. The highest BCUT2D eigenvalue weighted by atomic mass is 32.2. The zero-order valence-corrected chi connectivity index (χ0v) is 21.6. The van der Waals surface area contributed by atoms with Gasteiger partial charge < -0.3 is 4.57 Å². The highest BCUT2D eigenvalue weighted by Crippen LogP contribution is 2.40. The van der Waals surface area contributed by atoms with Gasteiger partial charge in [0.25, 0.3) is 6.43 Å². The lowest BCUT2D eigenvalue weighted by Gasteiger charge is -2.20. The summed E-state index contributed by atoms with van der Waals surface area (Å²) in [6, 6.07) is 7.08. The van der Waals surface area contributed by atoms with Crippen LogP contribution >= 0.6 is 0 Å². The molecule has 10 heteroatoms. The van der Waals surface area contributed by atoms with Crippen molar-refractivity contribution in [3.63, 3.8) is 0 Å². The van der Waals surface area contributed by atoms with Gasteiger partial charge in [0.05, 0.1) is 15.8 Å². The predicted molar refractivity (Wildman–Crippen MR) is 132 cm³/mol.